The molecule has 1 fully saturated rings. The van der Waals surface area contributed by atoms with Gasteiger partial charge in [-0.3, -0.25) is 4.90 Å². The zero-order chi connectivity index (χ0) is 10.1. The van der Waals surface area contributed by atoms with Crippen molar-refractivity contribution in [3.8, 4) is 0 Å². The highest BCUT2D eigenvalue weighted by molar-refractivity contribution is 7.99. The number of nitrogens with one attached hydrogen (secondary N) is 1. The molecule has 0 aliphatic carbocycles. The summed E-state index contributed by atoms with van der Waals surface area (Å²) in [4.78, 5) is 2.49. The third-order valence-electron chi connectivity index (χ3n) is 2.99. The van der Waals surface area contributed by atoms with Gasteiger partial charge >= 0.3 is 0 Å². The maximum absolute atomic E-state index is 3.46. The van der Waals surface area contributed by atoms with Crippen molar-refractivity contribution in [3.63, 3.8) is 0 Å². The molecule has 78 valence electrons. The Morgan fingerprint density at radius 2 is 1.92 bits per heavy atom. The molecule has 0 radical (unpaired) electrons. The van der Waals surface area contributed by atoms with Crippen LogP contribution in [0.3, 0.4) is 0 Å². The number of nitrogens with zero attached hydrogens (tertiary/aromatic N) is 1. The van der Waals surface area contributed by atoms with E-state index in [-0.39, 0.29) is 5.54 Å². The molecular formula is C10H22N2S. The van der Waals surface area contributed by atoms with Crippen molar-refractivity contribution in [2.24, 2.45) is 0 Å². The van der Waals surface area contributed by atoms with Crippen LogP contribution >= 0.6 is 11.8 Å². The molecule has 1 aliphatic rings. The second kappa shape index (κ2) is 4.20. The topological polar surface area (TPSA) is 15.3 Å². The Kier molecular flexibility index (Phi) is 3.66. The van der Waals surface area contributed by atoms with Crippen LogP contribution in [0, 0.1) is 0 Å². The highest BCUT2D eigenvalue weighted by atomic mass is 32.2. The van der Waals surface area contributed by atoms with E-state index in [1.807, 2.05) is 11.8 Å². The van der Waals surface area contributed by atoms with Gasteiger partial charge in [0.05, 0.1) is 0 Å². The minimum absolute atomic E-state index is 0.282. The molecule has 1 saturated heterocycles. The molecule has 0 saturated carbocycles. The zero-order valence-electron chi connectivity index (χ0n) is 9.42. The first-order valence-electron chi connectivity index (χ1n) is 4.93. The molecule has 0 bridgehead atoms. The van der Waals surface area contributed by atoms with Gasteiger partial charge in [-0.1, -0.05) is 0 Å². The number of hydrogen-bond donors (Lipinski definition) is 1. The summed E-state index contributed by atoms with van der Waals surface area (Å²) in [5.74, 6) is 0. The molecular weight excluding hydrogens is 180 g/mol. The normalized spacial score (nSPS) is 30.0. The summed E-state index contributed by atoms with van der Waals surface area (Å²) in [5, 5.41) is 4.22. The molecule has 1 rings (SSSR count). The number of thioether (sulfide) groups is 1. The van der Waals surface area contributed by atoms with Crippen molar-refractivity contribution in [1.29, 1.82) is 0 Å². The van der Waals surface area contributed by atoms with Crippen LogP contribution in [0.4, 0.5) is 0 Å². The van der Waals surface area contributed by atoms with Gasteiger partial charge in [0.1, 0.15) is 0 Å². The monoisotopic (exact) mass is 202 g/mol. The van der Waals surface area contributed by atoms with Crippen LogP contribution in [0.1, 0.15) is 20.8 Å². The summed E-state index contributed by atoms with van der Waals surface area (Å²) in [5.41, 5.74) is 0.282. The standard InChI is InChI=1S/C10H22N2S/c1-10(2,3)12(4)8-6-11-7-9(8)13-5/h8-9,11H,6-7H2,1-5H3. The summed E-state index contributed by atoms with van der Waals surface area (Å²) in [7, 11) is 2.24. The molecule has 0 aromatic heterocycles. The van der Waals surface area contributed by atoms with Gasteiger partial charge in [-0.25, -0.2) is 0 Å². The van der Waals surface area contributed by atoms with Crippen molar-refractivity contribution in [3.05, 3.63) is 0 Å². The van der Waals surface area contributed by atoms with Gasteiger partial charge in [0, 0.05) is 29.9 Å². The van der Waals surface area contributed by atoms with Crippen molar-refractivity contribution < 1.29 is 0 Å². The van der Waals surface area contributed by atoms with Gasteiger partial charge in [-0.15, -0.1) is 0 Å². The van der Waals surface area contributed by atoms with Gasteiger partial charge in [0.15, 0.2) is 0 Å². The van der Waals surface area contributed by atoms with E-state index in [0.717, 1.165) is 18.3 Å². The predicted molar refractivity (Wildman–Crippen MR) is 61.5 cm³/mol. The molecule has 0 aromatic rings. The van der Waals surface area contributed by atoms with E-state index in [9.17, 15) is 0 Å². The Morgan fingerprint density at radius 1 is 1.31 bits per heavy atom. The third-order valence-corrected chi connectivity index (χ3v) is 4.07. The third kappa shape index (κ3) is 2.61. The largest absolute Gasteiger partial charge is 0.314 e. The smallest absolute Gasteiger partial charge is 0.0353 e. The number of rotatable bonds is 2. The SMILES string of the molecule is CSC1CNCC1N(C)C(C)(C)C. The Bertz CT molecular complexity index is 165. The molecule has 0 amide bonds. The second-order valence-corrected chi connectivity index (χ2v) is 5.86. The summed E-state index contributed by atoms with van der Waals surface area (Å²) in [6.45, 7) is 9.14. The van der Waals surface area contributed by atoms with Crippen LogP contribution in [-0.2, 0) is 0 Å². The van der Waals surface area contributed by atoms with E-state index >= 15 is 0 Å². The molecule has 2 nitrogen and oxygen atoms in total. The molecule has 2 unspecified atom stereocenters. The van der Waals surface area contributed by atoms with Crippen LogP contribution in [0.25, 0.3) is 0 Å². The fourth-order valence-electron chi connectivity index (χ4n) is 1.77. The highest BCUT2D eigenvalue weighted by Crippen LogP contribution is 2.24. The first kappa shape index (κ1) is 11.3. The maximum Gasteiger partial charge on any atom is 0.0353 e. The van der Waals surface area contributed by atoms with Gasteiger partial charge in [-0.2, -0.15) is 11.8 Å². The summed E-state index contributed by atoms with van der Waals surface area (Å²) >= 11 is 1.98. The molecule has 1 aliphatic heterocycles. The lowest BCUT2D eigenvalue weighted by molar-refractivity contribution is 0.129. The van der Waals surface area contributed by atoms with Crippen LogP contribution in [0.15, 0.2) is 0 Å². The van der Waals surface area contributed by atoms with Gasteiger partial charge in [0.2, 0.25) is 0 Å². The van der Waals surface area contributed by atoms with E-state index in [1.54, 1.807) is 0 Å². The average Bonchev–Trinajstić information content (AvgIpc) is 2.48. The first-order chi connectivity index (χ1) is 5.96. The van der Waals surface area contributed by atoms with Gasteiger partial charge in [-0.05, 0) is 34.1 Å². The minimum Gasteiger partial charge on any atom is -0.314 e. The minimum atomic E-state index is 0.282. The van der Waals surface area contributed by atoms with Crippen LogP contribution in [-0.4, -0.2) is 48.1 Å². The Hall–Kier alpha value is 0.270. The van der Waals surface area contributed by atoms with Crippen LogP contribution < -0.4 is 5.32 Å². The number of hydrogen-bond acceptors (Lipinski definition) is 3. The first-order valence-corrected chi connectivity index (χ1v) is 6.22. The van der Waals surface area contributed by atoms with Crippen molar-refractivity contribution in [2.75, 3.05) is 26.4 Å². The fourth-order valence-corrected chi connectivity index (χ4v) is 2.64. The van der Waals surface area contributed by atoms with Gasteiger partial charge in [0.25, 0.3) is 0 Å². The average molecular weight is 202 g/mol. The molecule has 1 heterocycles. The second-order valence-electron chi connectivity index (χ2n) is 4.78. The van der Waals surface area contributed by atoms with E-state index in [2.05, 4.69) is 44.3 Å². The quantitative estimate of drug-likeness (QED) is 0.729. The van der Waals surface area contributed by atoms with Gasteiger partial charge < -0.3 is 5.32 Å². The maximum atomic E-state index is 3.46. The van der Waals surface area contributed by atoms with Crippen LogP contribution in [0.5, 0.6) is 0 Å². The number of likely N-dealkylation sites (N-methyl/N-ethyl adjacent to an activating group) is 1. The van der Waals surface area contributed by atoms with Crippen molar-refractivity contribution in [1.82, 2.24) is 10.2 Å². The Labute approximate surface area is 86.5 Å². The molecule has 0 spiro atoms. The molecule has 0 aromatic carbocycles. The summed E-state index contributed by atoms with van der Waals surface area (Å²) in [6.07, 6.45) is 2.21. The zero-order valence-corrected chi connectivity index (χ0v) is 10.2. The van der Waals surface area contributed by atoms with E-state index in [0.29, 0.717) is 6.04 Å². The van der Waals surface area contributed by atoms with E-state index in [1.165, 1.54) is 0 Å². The lowest BCUT2D eigenvalue weighted by Crippen LogP contribution is -2.49. The summed E-state index contributed by atoms with van der Waals surface area (Å²) < 4.78 is 0. The molecule has 1 N–H and O–H groups in total. The lowest BCUT2D eigenvalue weighted by atomic mass is 10.0. The molecule has 3 heteroatoms. The Morgan fingerprint density at radius 3 is 2.38 bits per heavy atom. The van der Waals surface area contributed by atoms with E-state index < -0.39 is 0 Å². The molecule has 13 heavy (non-hydrogen) atoms. The van der Waals surface area contributed by atoms with Crippen LogP contribution in [0.2, 0.25) is 0 Å². The predicted octanol–water partition coefficient (Wildman–Crippen LogP) is 1.42. The Balaban J connectivity index is 2.60. The summed E-state index contributed by atoms with van der Waals surface area (Å²) in [6, 6.07) is 0.690. The highest BCUT2D eigenvalue weighted by Gasteiger charge is 2.34. The van der Waals surface area contributed by atoms with Crippen molar-refractivity contribution in [2.45, 2.75) is 37.6 Å². The lowest BCUT2D eigenvalue weighted by Gasteiger charge is -2.38. The fraction of sp³-hybridized carbons (Fsp3) is 1.00. The van der Waals surface area contributed by atoms with E-state index in [4.69, 9.17) is 0 Å². The molecule has 2 atom stereocenters. The van der Waals surface area contributed by atoms with Crippen molar-refractivity contribution >= 4 is 11.8 Å².